The van der Waals surface area contributed by atoms with Crippen molar-refractivity contribution in [2.45, 2.75) is 52.7 Å². The van der Waals surface area contributed by atoms with Crippen molar-refractivity contribution < 1.29 is 4.74 Å². The molecule has 0 atom stereocenters. The molecule has 0 aliphatic carbocycles. The Morgan fingerprint density at radius 3 is 2.71 bits per heavy atom. The summed E-state index contributed by atoms with van der Waals surface area (Å²) < 4.78 is 6.25. The third kappa shape index (κ3) is 4.68. The summed E-state index contributed by atoms with van der Waals surface area (Å²) in [5, 5.41) is 3.47. The zero-order chi connectivity index (χ0) is 15.2. The van der Waals surface area contributed by atoms with Gasteiger partial charge in [-0.15, -0.1) is 0 Å². The fourth-order valence-corrected chi connectivity index (χ4v) is 2.79. The molecule has 1 aromatic rings. The highest BCUT2D eigenvalue weighted by atomic mass is 16.5. The van der Waals surface area contributed by atoms with E-state index in [-0.39, 0.29) is 0 Å². The van der Waals surface area contributed by atoms with Crippen molar-refractivity contribution in [1.82, 2.24) is 15.2 Å². The van der Waals surface area contributed by atoms with Crippen molar-refractivity contribution in [2.75, 3.05) is 26.7 Å². The standard InChI is InChI=1S/C17H29N3O/c1-5-8-18-12-16-13(2)11-14(3)19-17(16)21-15-6-9-20(4)10-7-15/h11,15,18H,5-10,12H2,1-4H3. The number of ether oxygens (including phenoxy) is 1. The molecule has 1 aliphatic rings. The molecule has 1 fully saturated rings. The minimum Gasteiger partial charge on any atom is -0.474 e. The maximum Gasteiger partial charge on any atom is 0.218 e. The zero-order valence-electron chi connectivity index (χ0n) is 13.9. The summed E-state index contributed by atoms with van der Waals surface area (Å²) in [6.45, 7) is 10.5. The van der Waals surface area contributed by atoms with Gasteiger partial charge in [-0.1, -0.05) is 6.92 Å². The van der Waals surface area contributed by atoms with Crippen LogP contribution in [0.1, 0.15) is 43.0 Å². The molecule has 1 N–H and O–H groups in total. The molecule has 0 unspecified atom stereocenters. The molecule has 21 heavy (non-hydrogen) atoms. The van der Waals surface area contributed by atoms with E-state index in [1.54, 1.807) is 0 Å². The summed E-state index contributed by atoms with van der Waals surface area (Å²) in [6, 6.07) is 2.14. The summed E-state index contributed by atoms with van der Waals surface area (Å²) in [5.74, 6) is 0.839. The average molecular weight is 291 g/mol. The molecule has 0 spiro atoms. The summed E-state index contributed by atoms with van der Waals surface area (Å²) in [7, 11) is 2.17. The van der Waals surface area contributed by atoms with Gasteiger partial charge in [-0.05, 0) is 58.3 Å². The first-order chi connectivity index (χ1) is 10.1. The number of piperidine rings is 1. The second-order valence-electron chi connectivity index (χ2n) is 6.16. The molecule has 2 rings (SSSR count). The van der Waals surface area contributed by atoms with Crippen molar-refractivity contribution >= 4 is 0 Å². The highest BCUT2D eigenvalue weighted by Gasteiger charge is 2.20. The van der Waals surface area contributed by atoms with E-state index in [4.69, 9.17) is 4.74 Å². The Bertz CT molecular complexity index is 454. The Balaban J connectivity index is 2.08. The van der Waals surface area contributed by atoms with Gasteiger partial charge in [0.2, 0.25) is 5.88 Å². The third-order valence-corrected chi connectivity index (χ3v) is 4.11. The molecular weight excluding hydrogens is 262 g/mol. The van der Waals surface area contributed by atoms with E-state index in [2.05, 4.69) is 42.2 Å². The van der Waals surface area contributed by atoms with Crippen molar-refractivity contribution in [3.63, 3.8) is 0 Å². The van der Waals surface area contributed by atoms with Crippen LogP contribution in [-0.2, 0) is 6.54 Å². The summed E-state index contributed by atoms with van der Waals surface area (Å²) in [6.07, 6.45) is 3.63. The first kappa shape index (κ1) is 16.2. The molecule has 4 nitrogen and oxygen atoms in total. The minimum atomic E-state index is 0.305. The number of hydrogen-bond acceptors (Lipinski definition) is 4. The quantitative estimate of drug-likeness (QED) is 0.818. The highest BCUT2D eigenvalue weighted by Crippen LogP contribution is 2.24. The molecule has 118 valence electrons. The Morgan fingerprint density at radius 2 is 2.05 bits per heavy atom. The number of aromatic nitrogens is 1. The molecule has 4 heteroatoms. The topological polar surface area (TPSA) is 37.4 Å². The first-order valence-electron chi connectivity index (χ1n) is 8.13. The summed E-state index contributed by atoms with van der Waals surface area (Å²) in [4.78, 5) is 7.01. The Labute approximate surface area is 128 Å². The van der Waals surface area contributed by atoms with Crippen LogP contribution in [0.4, 0.5) is 0 Å². The number of nitrogens with one attached hydrogen (secondary N) is 1. The molecule has 1 saturated heterocycles. The molecule has 0 saturated carbocycles. The molecule has 1 aliphatic heterocycles. The van der Waals surface area contributed by atoms with Gasteiger partial charge in [0.1, 0.15) is 6.10 Å². The van der Waals surface area contributed by atoms with Crippen molar-refractivity contribution in [1.29, 1.82) is 0 Å². The fraction of sp³-hybridized carbons (Fsp3) is 0.706. The van der Waals surface area contributed by atoms with E-state index in [0.29, 0.717) is 6.10 Å². The van der Waals surface area contributed by atoms with Crippen LogP contribution in [0.5, 0.6) is 5.88 Å². The Hall–Kier alpha value is -1.13. The van der Waals surface area contributed by atoms with Gasteiger partial charge in [0, 0.05) is 30.9 Å². The molecule has 1 aromatic heterocycles. The van der Waals surface area contributed by atoms with E-state index in [1.165, 1.54) is 11.1 Å². The predicted molar refractivity (Wildman–Crippen MR) is 86.9 cm³/mol. The van der Waals surface area contributed by atoms with E-state index in [1.807, 2.05) is 6.92 Å². The van der Waals surface area contributed by atoms with Gasteiger partial charge in [-0.3, -0.25) is 0 Å². The van der Waals surface area contributed by atoms with Crippen LogP contribution in [0.3, 0.4) is 0 Å². The lowest BCUT2D eigenvalue weighted by Crippen LogP contribution is -2.36. The van der Waals surface area contributed by atoms with E-state index >= 15 is 0 Å². The van der Waals surface area contributed by atoms with E-state index in [9.17, 15) is 0 Å². The van der Waals surface area contributed by atoms with Gasteiger partial charge in [0.25, 0.3) is 0 Å². The maximum absolute atomic E-state index is 6.25. The summed E-state index contributed by atoms with van der Waals surface area (Å²) >= 11 is 0. The first-order valence-corrected chi connectivity index (χ1v) is 8.13. The van der Waals surface area contributed by atoms with Crippen LogP contribution in [0, 0.1) is 13.8 Å². The SMILES string of the molecule is CCCNCc1c(C)cc(C)nc1OC1CCN(C)CC1. The third-order valence-electron chi connectivity index (χ3n) is 4.11. The van der Waals surface area contributed by atoms with Gasteiger partial charge in [0.05, 0.1) is 0 Å². The molecule has 0 radical (unpaired) electrons. The lowest BCUT2D eigenvalue weighted by Gasteiger charge is -2.29. The minimum absolute atomic E-state index is 0.305. The molecular formula is C17H29N3O. The number of hydrogen-bond donors (Lipinski definition) is 1. The van der Waals surface area contributed by atoms with Crippen LogP contribution in [-0.4, -0.2) is 42.7 Å². The van der Waals surface area contributed by atoms with Crippen molar-refractivity contribution in [3.8, 4) is 5.88 Å². The van der Waals surface area contributed by atoms with Crippen molar-refractivity contribution in [2.24, 2.45) is 0 Å². The second-order valence-corrected chi connectivity index (χ2v) is 6.16. The monoisotopic (exact) mass is 291 g/mol. The van der Waals surface area contributed by atoms with Crippen LogP contribution in [0.2, 0.25) is 0 Å². The second kappa shape index (κ2) is 7.76. The zero-order valence-corrected chi connectivity index (χ0v) is 13.9. The van der Waals surface area contributed by atoms with Gasteiger partial charge < -0.3 is 15.0 Å². The fourth-order valence-electron chi connectivity index (χ4n) is 2.79. The number of rotatable bonds is 6. The van der Waals surface area contributed by atoms with Crippen LogP contribution in [0.25, 0.3) is 0 Å². The summed E-state index contributed by atoms with van der Waals surface area (Å²) in [5.41, 5.74) is 3.52. The van der Waals surface area contributed by atoms with Crippen LogP contribution in [0.15, 0.2) is 6.07 Å². The smallest absolute Gasteiger partial charge is 0.218 e. The predicted octanol–water partition coefficient (Wildman–Crippen LogP) is 2.67. The van der Waals surface area contributed by atoms with Crippen molar-refractivity contribution in [3.05, 3.63) is 22.9 Å². The highest BCUT2D eigenvalue weighted by molar-refractivity contribution is 5.36. The van der Waals surface area contributed by atoms with E-state index in [0.717, 1.165) is 57.0 Å². The van der Waals surface area contributed by atoms with E-state index < -0.39 is 0 Å². The lowest BCUT2D eigenvalue weighted by molar-refractivity contribution is 0.108. The average Bonchev–Trinajstić information content (AvgIpc) is 2.44. The lowest BCUT2D eigenvalue weighted by atomic mass is 10.1. The van der Waals surface area contributed by atoms with Gasteiger partial charge in [-0.25, -0.2) is 4.98 Å². The molecule has 0 aromatic carbocycles. The van der Waals surface area contributed by atoms with Crippen LogP contribution < -0.4 is 10.1 Å². The Kier molecular flexibility index (Phi) is 6.00. The Morgan fingerprint density at radius 1 is 1.33 bits per heavy atom. The molecule has 2 heterocycles. The molecule has 0 bridgehead atoms. The van der Waals surface area contributed by atoms with Gasteiger partial charge in [-0.2, -0.15) is 0 Å². The number of pyridine rings is 1. The number of aryl methyl sites for hydroxylation is 2. The number of nitrogens with zero attached hydrogens (tertiary/aromatic N) is 2. The number of likely N-dealkylation sites (tertiary alicyclic amines) is 1. The normalized spacial score (nSPS) is 17.1. The van der Waals surface area contributed by atoms with Gasteiger partial charge >= 0.3 is 0 Å². The van der Waals surface area contributed by atoms with Gasteiger partial charge in [0.15, 0.2) is 0 Å². The maximum atomic E-state index is 6.25. The van der Waals surface area contributed by atoms with Crippen LogP contribution >= 0.6 is 0 Å². The largest absolute Gasteiger partial charge is 0.474 e. The molecule has 0 amide bonds.